The van der Waals surface area contributed by atoms with Crippen LogP contribution in [0.2, 0.25) is 0 Å². The predicted octanol–water partition coefficient (Wildman–Crippen LogP) is 4.43. The van der Waals surface area contributed by atoms with Crippen molar-refractivity contribution in [3.05, 3.63) is 52.9 Å². The Morgan fingerprint density at radius 3 is 2.75 bits per heavy atom. The van der Waals surface area contributed by atoms with Gasteiger partial charge < -0.3 is 25.4 Å². The second-order valence-corrected chi connectivity index (χ2v) is 8.27. The number of nitrogens with zero attached hydrogens (tertiary/aromatic N) is 2. The Balaban J connectivity index is 1.49. The number of benzene rings is 2. The van der Waals surface area contributed by atoms with E-state index in [1.807, 2.05) is 49.4 Å². The fraction of sp³-hybridized carbons (Fsp3) is 0.174. The lowest BCUT2D eigenvalue weighted by Gasteiger charge is -2.18. The largest absolute Gasteiger partial charge is 0.486 e. The number of rotatable bonds is 4. The molecule has 0 unspecified atom stereocenters. The summed E-state index contributed by atoms with van der Waals surface area (Å²) in [4.78, 5) is 23.6. The molecule has 8 nitrogen and oxygen atoms in total. The number of amides is 1. The zero-order valence-electron chi connectivity index (χ0n) is 17.5. The fourth-order valence-electron chi connectivity index (χ4n) is 3.61. The zero-order chi connectivity index (χ0) is 22.2. The van der Waals surface area contributed by atoms with Crippen molar-refractivity contribution in [3.8, 4) is 11.5 Å². The first kappa shape index (κ1) is 20.1. The first-order valence-corrected chi connectivity index (χ1v) is 10.8. The minimum atomic E-state index is -0.293. The van der Waals surface area contributed by atoms with Gasteiger partial charge >= 0.3 is 0 Å². The molecule has 1 amide bonds. The topological polar surface area (TPSA) is 108 Å². The molecule has 1 aliphatic rings. The van der Waals surface area contributed by atoms with Crippen LogP contribution < -0.4 is 20.5 Å². The molecule has 0 saturated carbocycles. The lowest BCUT2D eigenvalue weighted by atomic mass is 10.1. The predicted molar refractivity (Wildman–Crippen MR) is 126 cm³/mol. The number of ether oxygens (including phenoxy) is 2. The highest BCUT2D eigenvalue weighted by atomic mass is 32.1. The number of carbonyl (C=O) groups excluding carboxylic acids is 1. The number of aromatic nitrogens is 1. The molecule has 3 N–H and O–H groups in total. The van der Waals surface area contributed by atoms with E-state index in [0.717, 1.165) is 21.9 Å². The number of oxime groups is 1. The first-order chi connectivity index (χ1) is 15.5. The van der Waals surface area contributed by atoms with Crippen molar-refractivity contribution in [1.29, 1.82) is 0 Å². The van der Waals surface area contributed by atoms with Crippen LogP contribution in [0, 0.1) is 0 Å². The summed E-state index contributed by atoms with van der Waals surface area (Å²) in [7, 11) is 1.49. The number of pyridine rings is 1. The molecule has 9 heteroatoms. The van der Waals surface area contributed by atoms with E-state index in [4.69, 9.17) is 25.0 Å². The molecule has 0 fully saturated rings. The van der Waals surface area contributed by atoms with Gasteiger partial charge in [-0.05, 0) is 31.2 Å². The summed E-state index contributed by atoms with van der Waals surface area (Å²) in [6.07, 6.45) is 0. The van der Waals surface area contributed by atoms with Crippen LogP contribution in [-0.4, -0.2) is 36.9 Å². The molecular formula is C23H20N4O4S. The Bertz CT molecular complexity index is 1400. The Hall–Kier alpha value is -3.85. The van der Waals surface area contributed by atoms with Crippen molar-refractivity contribution < 1.29 is 19.1 Å². The van der Waals surface area contributed by atoms with Gasteiger partial charge in [-0.2, -0.15) is 0 Å². The molecule has 5 rings (SSSR count). The molecule has 3 heterocycles. The molecule has 1 aliphatic heterocycles. The third-order valence-electron chi connectivity index (χ3n) is 5.15. The van der Waals surface area contributed by atoms with Crippen molar-refractivity contribution in [1.82, 2.24) is 4.98 Å². The average Bonchev–Trinajstić information content (AvgIpc) is 3.12. The maximum atomic E-state index is 13.0. The second-order valence-electron chi connectivity index (χ2n) is 7.27. The number of thiophene rings is 1. The van der Waals surface area contributed by atoms with E-state index < -0.39 is 0 Å². The number of nitrogen functional groups attached to an aromatic ring is 1. The number of hydrogen-bond acceptors (Lipinski definition) is 8. The highest BCUT2D eigenvalue weighted by Gasteiger charge is 2.20. The first-order valence-electron chi connectivity index (χ1n) is 9.95. The molecule has 0 radical (unpaired) electrons. The number of nitrogens with two attached hydrogens (primary N) is 1. The maximum Gasteiger partial charge on any atom is 0.267 e. The summed E-state index contributed by atoms with van der Waals surface area (Å²) in [5.74, 6) is 1.06. The van der Waals surface area contributed by atoms with Crippen LogP contribution in [0.4, 0.5) is 11.4 Å². The molecule has 4 aromatic rings. The van der Waals surface area contributed by atoms with Crippen LogP contribution in [0.1, 0.15) is 22.2 Å². The molecule has 0 aliphatic carbocycles. The van der Waals surface area contributed by atoms with Crippen molar-refractivity contribution in [3.63, 3.8) is 0 Å². The van der Waals surface area contributed by atoms with Crippen LogP contribution in [0.3, 0.4) is 0 Å². The van der Waals surface area contributed by atoms with E-state index in [1.54, 1.807) is 0 Å². The van der Waals surface area contributed by atoms with Crippen molar-refractivity contribution in [2.24, 2.45) is 5.16 Å². The number of hydrogen-bond donors (Lipinski definition) is 2. The maximum absolute atomic E-state index is 13.0. The molecule has 2 aromatic carbocycles. The van der Waals surface area contributed by atoms with Crippen LogP contribution in [0.5, 0.6) is 11.5 Å². The summed E-state index contributed by atoms with van der Waals surface area (Å²) in [6.45, 7) is 2.85. The van der Waals surface area contributed by atoms with Gasteiger partial charge in [0.25, 0.3) is 5.91 Å². The highest BCUT2D eigenvalue weighted by Crippen LogP contribution is 2.39. The molecule has 0 atom stereocenters. The summed E-state index contributed by atoms with van der Waals surface area (Å²) >= 11 is 1.26. The summed E-state index contributed by atoms with van der Waals surface area (Å²) in [5.41, 5.74) is 9.70. The van der Waals surface area contributed by atoms with Gasteiger partial charge in [0.15, 0.2) is 11.5 Å². The van der Waals surface area contributed by atoms with E-state index in [2.05, 4.69) is 10.5 Å². The Morgan fingerprint density at radius 2 is 1.97 bits per heavy atom. The zero-order valence-corrected chi connectivity index (χ0v) is 18.3. The van der Waals surface area contributed by atoms with Gasteiger partial charge in [-0.15, -0.1) is 11.3 Å². The van der Waals surface area contributed by atoms with Crippen LogP contribution in [0.15, 0.2) is 47.6 Å². The van der Waals surface area contributed by atoms with E-state index in [9.17, 15) is 4.79 Å². The molecule has 0 bridgehead atoms. The van der Waals surface area contributed by atoms with Gasteiger partial charge in [-0.3, -0.25) is 4.79 Å². The van der Waals surface area contributed by atoms with Crippen LogP contribution in [0.25, 0.3) is 21.1 Å². The van der Waals surface area contributed by atoms with Gasteiger partial charge in [0.2, 0.25) is 0 Å². The number of anilines is 2. The minimum absolute atomic E-state index is 0.293. The van der Waals surface area contributed by atoms with Crippen molar-refractivity contribution in [2.75, 3.05) is 31.4 Å². The van der Waals surface area contributed by atoms with E-state index in [1.165, 1.54) is 18.4 Å². The lowest BCUT2D eigenvalue weighted by molar-refractivity contribution is 0.103. The van der Waals surface area contributed by atoms with Gasteiger partial charge in [0.05, 0.1) is 16.9 Å². The van der Waals surface area contributed by atoms with Crippen LogP contribution in [-0.2, 0) is 4.84 Å². The van der Waals surface area contributed by atoms with Gasteiger partial charge in [0, 0.05) is 28.1 Å². The number of fused-ring (bicyclic) bond motifs is 3. The third-order valence-corrected chi connectivity index (χ3v) is 6.26. The summed E-state index contributed by atoms with van der Waals surface area (Å²) < 4.78 is 11.3. The summed E-state index contributed by atoms with van der Waals surface area (Å²) in [5, 5.41) is 8.45. The Labute approximate surface area is 187 Å². The van der Waals surface area contributed by atoms with Gasteiger partial charge in [-0.25, -0.2) is 4.98 Å². The molecule has 32 heavy (non-hydrogen) atoms. The van der Waals surface area contributed by atoms with Gasteiger partial charge in [-0.1, -0.05) is 17.3 Å². The molecule has 162 valence electrons. The SMILES string of the molecule is CO/N=C(\C)c1cccc(NC(=O)c2sc3nc4cc5c(cc4cc3c2N)OCCO5)c1. The lowest BCUT2D eigenvalue weighted by Crippen LogP contribution is -2.15. The average molecular weight is 449 g/mol. The number of nitrogens with one attached hydrogen (secondary N) is 1. The Kier molecular flexibility index (Phi) is 5.02. The van der Waals surface area contributed by atoms with Crippen molar-refractivity contribution in [2.45, 2.75) is 6.92 Å². The fourth-order valence-corrected chi connectivity index (χ4v) is 4.59. The van der Waals surface area contributed by atoms with Gasteiger partial charge in [0.1, 0.15) is 30.0 Å². The van der Waals surface area contributed by atoms with E-state index >= 15 is 0 Å². The Morgan fingerprint density at radius 1 is 1.19 bits per heavy atom. The molecule has 0 spiro atoms. The van der Waals surface area contributed by atoms with Crippen molar-refractivity contribution >= 4 is 55.4 Å². The smallest absolute Gasteiger partial charge is 0.267 e. The quantitative estimate of drug-likeness (QED) is 0.353. The minimum Gasteiger partial charge on any atom is -0.486 e. The highest BCUT2D eigenvalue weighted by molar-refractivity contribution is 7.21. The monoisotopic (exact) mass is 448 g/mol. The van der Waals surface area contributed by atoms with E-state index in [0.29, 0.717) is 51.5 Å². The van der Waals surface area contributed by atoms with Crippen LogP contribution >= 0.6 is 11.3 Å². The summed E-state index contributed by atoms with van der Waals surface area (Å²) in [6, 6.07) is 13.1. The normalized spacial score (nSPS) is 13.4. The standard InChI is InChI=1S/C23H20N4O4S/c1-12(27-29-2)13-4-3-5-15(8-13)25-22(28)21-20(24)16-9-14-10-18-19(31-7-6-30-18)11-17(14)26-23(16)32-21/h3-5,8-11H,6-7,24H2,1-2H3,(H,25,28)/b27-12+. The second kappa shape index (κ2) is 8.01. The molecule has 2 aromatic heterocycles. The van der Waals surface area contributed by atoms with E-state index in [-0.39, 0.29) is 5.91 Å². The third kappa shape index (κ3) is 3.56. The molecule has 0 saturated heterocycles. The number of carbonyl (C=O) groups is 1. The molecular weight excluding hydrogens is 428 g/mol.